The summed E-state index contributed by atoms with van der Waals surface area (Å²) in [6.45, 7) is 6.78. The highest BCUT2D eigenvalue weighted by atomic mass is 32.2. The molecule has 0 bridgehead atoms. The Morgan fingerprint density at radius 3 is 2.48 bits per heavy atom. The van der Waals surface area contributed by atoms with Gasteiger partial charge in [0, 0.05) is 17.3 Å². The van der Waals surface area contributed by atoms with E-state index in [0.717, 1.165) is 37.8 Å². The van der Waals surface area contributed by atoms with E-state index in [2.05, 4.69) is 50.0 Å². The van der Waals surface area contributed by atoms with Crippen molar-refractivity contribution in [3.8, 4) is 0 Å². The number of rotatable bonds is 7. The number of thiazole rings is 1. The number of carbonyl (C=O) groups is 1. The molecule has 0 radical (unpaired) electrons. The summed E-state index contributed by atoms with van der Waals surface area (Å²) in [7, 11) is 0. The fourth-order valence-corrected chi connectivity index (χ4v) is 5.37. The second-order valence-electron chi connectivity index (χ2n) is 7.51. The monoisotopic (exact) mass is 447 g/mol. The molecule has 1 amide bonds. The third kappa shape index (κ3) is 5.14. The van der Waals surface area contributed by atoms with Gasteiger partial charge in [-0.2, -0.15) is 0 Å². The predicted octanol–water partition coefficient (Wildman–Crippen LogP) is 6.20. The molecule has 0 aliphatic carbocycles. The number of hydrogen-bond acceptors (Lipinski definition) is 5. The van der Waals surface area contributed by atoms with Gasteiger partial charge in [-0.3, -0.25) is 14.7 Å². The van der Waals surface area contributed by atoms with E-state index in [4.69, 9.17) is 4.98 Å². The molecule has 2 aromatic heterocycles. The van der Waals surface area contributed by atoms with Gasteiger partial charge in [-0.05, 0) is 72.2 Å². The van der Waals surface area contributed by atoms with Gasteiger partial charge >= 0.3 is 0 Å². The number of nitrogens with zero attached hydrogens (tertiary/aromatic N) is 3. The molecule has 31 heavy (non-hydrogen) atoms. The van der Waals surface area contributed by atoms with Crippen molar-refractivity contribution in [1.29, 1.82) is 0 Å². The Kier molecular flexibility index (Phi) is 6.68. The number of carbonyl (C=O) groups excluding carboxylic acids is 1. The van der Waals surface area contributed by atoms with Crippen molar-refractivity contribution in [2.45, 2.75) is 38.6 Å². The van der Waals surface area contributed by atoms with Gasteiger partial charge in [-0.25, -0.2) is 4.98 Å². The van der Waals surface area contributed by atoms with Crippen LogP contribution in [0.5, 0.6) is 0 Å². The third-order valence-electron chi connectivity index (χ3n) is 5.03. The fraction of sp³-hybridized carbons (Fsp3) is 0.240. The molecular weight excluding hydrogens is 422 g/mol. The maximum absolute atomic E-state index is 13.4. The first-order chi connectivity index (χ1) is 15.0. The van der Waals surface area contributed by atoms with Crippen LogP contribution in [0.1, 0.15) is 29.2 Å². The zero-order chi connectivity index (χ0) is 21.8. The molecule has 158 valence electrons. The van der Waals surface area contributed by atoms with Crippen LogP contribution in [0.15, 0.2) is 65.8 Å². The molecule has 4 nitrogen and oxygen atoms in total. The predicted molar refractivity (Wildman–Crippen MR) is 131 cm³/mol. The van der Waals surface area contributed by atoms with Gasteiger partial charge in [0.15, 0.2) is 5.13 Å². The highest BCUT2D eigenvalue weighted by molar-refractivity contribution is 7.99. The Hall–Kier alpha value is -2.70. The standard InChI is InChI=1S/C25H25N3OS2/c1-4-30-21-7-5-19(6-8-21)15-23(29)28(16-20-9-11-26-12-10-20)25-27-24-18(3)13-17(2)14-22(24)31-25/h5-14H,4,15-16H2,1-3H3. The Balaban J connectivity index is 1.65. The average molecular weight is 448 g/mol. The molecule has 0 aliphatic rings. The number of aromatic nitrogens is 2. The molecule has 0 atom stereocenters. The lowest BCUT2D eigenvalue weighted by atomic mass is 10.1. The van der Waals surface area contributed by atoms with Crippen molar-refractivity contribution < 1.29 is 4.79 Å². The van der Waals surface area contributed by atoms with Crippen LogP contribution < -0.4 is 4.90 Å². The Morgan fingerprint density at radius 2 is 1.77 bits per heavy atom. The molecule has 2 aromatic carbocycles. The van der Waals surface area contributed by atoms with Crippen LogP contribution in [0.4, 0.5) is 5.13 Å². The smallest absolute Gasteiger partial charge is 0.233 e. The van der Waals surface area contributed by atoms with Crippen LogP contribution in [-0.4, -0.2) is 21.6 Å². The topological polar surface area (TPSA) is 46.1 Å². The summed E-state index contributed by atoms with van der Waals surface area (Å²) in [4.78, 5) is 25.4. The van der Waals surface area contributed by atoms with Crippen molar-refractivity contribution in [2.24, 2.45) is 0 Å². The molecular formula is C25H25N3OS2. The largest absolute Gasteiger partial charge is 0.283 e. The first-order valence-corrected chi connectivity index (χ1v) is 12.1. The number of hydrogen-bond donors (Lipinski definition) is 0. The lowest BCUT2D eigenvalue weighted by Crippen LogP contribution is -2.31. The molecule has 0 aliphatic heterocycles. The van der Waals surface area contributed by atoms with Gasteiger partial charge in [-0.15, -0.1) is 11.8 Å². The summed E-state index contributed by atoms with van der Waals surface area (Å²) >= 11 is 3.38. The number of aryl methyl sites for hydroxylation is 2. The van der Waals surface area contributed by atoms with Gasteiger partial charge < -0.3 is 0 Å². The van der Waals surface area contributed by atoms with Crippen molar-refractivity contribution in [2.75, 3.05) is 10.7 Å². The Morgan fingerprint density at radius 1 is 1.03 bits per heavy atom. The summed E-state index contributed by atoms with van der Waals surface area (Å²) < 4.78 is 1.11. The summed E-state index contributed by atoms with van der Waals surface area (Å²) in [5.74, 6) is 1.08. The number of pyridine rings is 1. The second-order valence-corrected chi connectivity index (χ2v) is 9.86. The van der Waals surface area contributed by atoms with Gasteiger partial charge in [0.25, 0.3) is 0 Å². The number of anilines is 1. The normalized spacial score (nSPS) is 11.1. The van der Waals surface area contributed by atoms with Crippen LogP contribution in [0.25, 0.3) is 10.2 Å². The molecule has 4 aromatic rings. The van der Waals surface area contributed by atoms with Crippen molar-refractivity contribution >= 4 is 44.4 Å². The summed E-state index contributed by atoms with van der Waals surface area (Å²) in [6, 6.07) is 16.4. The molecule has 0 unspecified atom stereocenters. The van der Waals surface area contributed by atoms with Crippen LogP contribution in [-0.2, 0) is 17.8 Å². The summed E-state index contributed by atoms with van der Waals surface area (Å²) in [5.41, 5.74) is 5.36. The van der Waals surface area contributed by atoms with Crippen LogP contribution in [0.2, 0.25) is 0 Å². The van der Waals surface area contributed by atoms with Crippen molar-refractivity contribution in [3.05, 3.63) is 83.2 Å². The van der Waals surface area contributed by atoms with E-state index >= 15 is 0 Å². The number of amides is 1. The quantitative estimate of drug-likeness (QED) is 0.317. The highest BCUT2D eigenvalue weighted by Crippen LogP contribution is 2.33. The summed E-state index contributed by atoms with van der Waals surface area (Å²) in [6.07, 6.45) is 3.86. The van der Waals surface area contributed by atoms with Crippen LogP contribution >= 0.6 is 23.1 Å². The second kappa shape index (κ2) is 9.62. The zero-order valence-electron chi connectivity index (χ0n) is 18.0. The first kappa shape index (κ1) is 21.5. The van der Waals surface area contributed by atoms with Gasteiger partial charge in [0.1, 0.15) is 0 Å². The number of benzene rings is 2. The molecule has 2 heterocycles. The first-order valence-electron chi connectivity index (χ1n) is 10.3. The van der Waals surface area contributed by atoms with E-state index in [0.29, 0.717) is 13.0 Å². The third-order valence-corrected chi connectivity index (χ3v) is 6.95. The van der Waals surface area contributed by atoms with Crippen LogP contribution in [0.3, 0.4) is 0 Å². The Bertz CT molecular complexity index is 1190. The molecule has 4 rings (SSSR count). The van der Waals surface area contributed by atoms with Crippen molar-refractivity contribution in [1.82, 2.24) is 9.97 Å². The minimum Gasteiger partial charge on any atom is -0.283 e. The lowest BCUT2D eigenvalue weighted by Gasteiger charge is -2.20. The van der Waals surface area contributed by atoms with Crippen molar-refractivity contribution in [3.63, 3.8) is 0 Å². The molecule has 0 spiro atoms. The summed E-state index contributed by atoms with van der Waals surface area (Å²) in [5, 5.41) is 0.740. The average Bonchev–Trinajstić information content (AvgIpc) is 3.18. The zero-order valence-corrected chi connectivity index (χ0v) is 19.6. The SMILES string of the molecule is CCSc1ccc(CC(=O)N(Cc2ccncc2)c2nc3c(C)cc(C)cc3s2)cc1. The Labute approximate surface area is 191 Å². The molecule has 6 heteroatoms. The number of thioether (sulfide) groups is 1. The van der Waals surface area contributed by atoms with E-state index in [1.165, 1.54) is 10.5 Å². The molecule has 0 saturated heterocycles. The van der Waals surface area contributed by atoms with E-state index in [1.807, 2.05) is 29.2 Å². The van der Waals surface area contributed by atoms with E-state index < -0.39 is 0 Å². The van der Waals surface area contributed by atoms with E-state index in [1.54, 1.807) is 35.5 Å². The van der Waals surface area contributed by atoms with E-state index in [9.17, 15) is 4.79 Å². The van der Waals surface area contributed by atoms with Crippen LogP contribution in [0, 0.1) is 13.8 Å². The van der Waals surface area contributed by atoms with E-state index in [-0.39, 0.29) is 5.91 Å². The van der Waals surface area contributed by atoms with Gasteiger partial charge in [0.05, 0.1) is 23.2 Å². The molecule has 0 N–H and O–H groups in total. The number of fused-ring (bicyclic) bond motifs is 1. The molecule has 0 fully saturated rings. The minimum atomic E-state index is 0.0427. The van der Waals surface area contributed by atoms with Gasteiger partial charge in [-0.1, -0.05) is 36.5 Å². The maximum Gasteiger partial charge on any atom is 0.233 e. The minimum absolute atomic E-state index is 0.0427. The highest BCUT2D eigenvalue weighted by Gasteiger charge is 2.21. The lowest BCUT2D eigenvalue weighted by molar-refractivity contribution is -0.118. The van der Waals surface area contributed by atoms with Gasteiger partial charge in [0.2, 0.25) is 5.91 Å². The fourth-order valence-electron chi connectivity index (χ4n) is 3.55. The molecule has 0 saturated carbocycles. The maximum atomic E-state index is 13.4.